The molecule has 0 bridgehead atoms. The molecule has 13 heavy (non-hydrogen) atoms. The number of aliphatic hydroxyl groups is 3. The summed E-state index contributed by atoms with van der Waals surface area (Å²) in [6.07, 6.45) is -4.28. The Bertz CT molecular complexity index is 155. The third kappa shape index (κ3) is 3.07. The van der Waals surface area contributed by atoms with E-state index in [9.17, 15) is 15.3 Å². The predicted molar refractivity (Wildman–Crippen MR) is 44.6 cm³/mol. The number of hydrogen-bond acceptors (Lipinski definition) is 5. The van der Waals surface area contributed by atoms with Crippen molar-refractivity contribution in [3.63, 3.8) is 0 Å². The molecule has 6 heteroatoms. The molecule has 1 saturated heterocycles. The van der Waals surface area contributed by atoms with Gasteiger partial charge < -0.3 is 32.7 Å². The molecule has 0 amide bonds. The minimum absolute atomic E-state index is 0. The maximum Gasteiger partial charge on any atom is 1.00 e. The van der Waals surface area contributed by atoms with Crippen LogP contribution >= 0.6 is 0 Å². The molecule has 4 nitrogen and oxygen atoms in total. The Kier molecular flexibility index (Phi) is 6.47. The molecule has 72 valence electrons. The van der Waals surface area contributed by atoms with Crippen LogP contribution in [0.4, 0.5) is 0 Å². The van der Waals surface area contributed by atoms with Crippen LogP contribution in [0.25, 0.3) is 0 Å². The molecule has 0 saturated carbocycles. The van der Waals surface area contributed by atoms with Crippen molar-refractivity contribution in [2.24, 2.45) is 0 Å². The minimum atomic E-state index is -1.15. The zero-order valence-corrected chi connectivity index (χ0v) is 10.6. The third-order valence-electron chi connectivity index (χ3n) is 2.12. The molecule has 1 rings (SSSR count). The summed E-state index contributed by atoms with van der Waals surface area (Å²) >= 11 is 4.72. The van der Waals surface area contributed by atoms with Crippen molar-refractivity contribution in [2.45, 2.75) is 37.4 Å². The van der Waals surface area contributed by atoms with Gasteiger partial charge in [0.05, 0.1) is 12.2 Å². The van der Waals surface area contributed by atoms with Crippen LogP contribution in [0.15, 0.2) is 0 Å². The van der Waals surface area contributed by atoms with Crippen molar-refractivity contribution in [1.82, 2.24) is 0 Å². The van der Waals surface area contributed by atoms with E-state index in [2.05, 4.69) is 0 Å². The van der Waals surface area contributed by atoms with E-state index in [-0.39, 0.29) is 35.3 Å². The first kappa shape index (κ1) is 14.2. The maximum absolute atomic E-state index is 9.32. The van der Waals surface area contributed by atoms with E-state index in [1.165, 1.54) is 0 Å². The van der Waals surface area contributed by atoms with Gasteiger partial charge in [-0.15, -0.1) is 5.75 Å². The molecule has 1 aliphatic heterocycles. The topological polar surface area (TPSA) is 69.9 Å². The van der Waals surface area contributed by atoms with Gasteiger partial charge in [-0.1, -0.05) is 0 Å². The van der Waals surface area contributed by atoms with E-state index in [1.807, 2.05) is 0 Å². The average Bonchev–Trinajstić information content (AvgIpc) is 2.08. The summed E-state index contributed by atoms with van der Waals surface area (Å²) < 4.78 is 5.17. The molecule has 0 aliphatic carbocycles. The summed E-state index contributed by atoms with van der Waals surface area (Å²) in [5.41, 5.74) is 0. The first-order chi connectivity index (χ1) is 5.57. The van der Waals surface area contributed by atoms with Gasteiger partial charge in [-0.3, -0.25) is 0 Å². The Hall–Kier alpha value is 1.19. The molecular formula is C7H13NaO4S. The average molecular weight is 216 g/mol. The normalized spacial score (nSPS) is 45.5. The zero-order chi connectivity index (χ0) is 9.30. The number of hydrogen-bond donors (Lipinski definition) is 3. The van der Waals surface area contributed by atoms with Gasteiger partial charge >= 0.3 is 29.6 Å². The fraction of sp³-hybridized carbons (Fsp3) is 1.00. The van der Waals surface area contributed by atoms with Crippen LogP contribution in [-0.4, -0.2) is 51.6 Å². The predicted octanol–water partition coefficient (Wildman–Crippen LogP) is -4.59. The second kappa shape index (κ2) is 5.92. The van der Waals surface area contributed by atoms with E-state index in [1.54, 1.807) is 6.92 Å². The van der Waals surface area contributed by atoms with Crippen molar-refractivity contribution in [3.8, 4) is 0 Å². The molecule has 5 atom stereocenters. The molecular weight excluding hydrogens is 203 g/mol. The second-order valence-electron chi connectivity index (χ2n) is 3.02. The molecule has 0 aromatic carbocycles. The standard InChI is InChI=1S/C7H14O4S.Na/c1-3-5(8)7(10)6(9)4(2-12)11-3;/h3-10,12H,2H2,1H3;/q;+1/p-1/t3-,4?,5?,6-,7+;/m0./s1. The van der Waals surface area contributed by atoms with Crippen molar-refractivity contribution < 1.29 is 49.6 Å². The molecule has 1 aliphatic rings. The van der Waals surface area contributed by atoms with Crippen molar-refractivity contribution >= 4 is 12.6 Å². The summed E-state index contributed by atoms with van der Waals surface area (Å²) in [7, 11) is 0. The van der Waals surface area contributed by atoms with E-state index in [4.69, 9.17) is 17.4 Å². The van der Waals surface area contributed by atoms with Gasteiger partial charge in [0.25, 0.3) is 0 Å². The Morgan fingerprint density at radius 1 is 1.15 bits per heavy atom. The van der Waals surface area contributed by atoms with Crippen LogP contribution in [-0.2, 0) is 17.4 Å². The van der Waals surface area contributed by atoms with Crippen LogP contribution in [0.3, 0.4) is 0 Å². The monoisotopic (exact) mass is 216 g/mol. The van der Waals surface area contributed by atoms with E-state index >= 15 is 0 Å². The van der Waals surface area contributed by atoms with Gasteiger partial charge in [0, 0.05) is 0 Å². The van der Waals surface area contributed by atoms with E-state index in [0.717, 1.165) is 0 Å². The molecule has 0 spiro atoms. The first-order valence-electron chi connectivity index (χ1n) is 3.85. The molecule has 0 aromatic rings. The van der Waals surface area contributed by atoms with E-state index in [0.29, 0.717) is 0 Å². The Morgan fingerprint density at radius 3 is 2.15 bits per heavy atom. The van der Waals surface area contributed by atoms with Gasteiger partial charge in [0.15, 0.2) is 0 Å². The fourth-order valence-electron chi connectivity index (χ4n) is 1.27. The third-order valence-corrected chi connectivity index (χ3v) is 2.44. The summed E-state index contributed by atoms with van der Waals surface area (Å²) in [5.74, 6) is 0.218. The van der Waals surface area contributed by atoms with Gasteiger partial charge in [-0.25, -0.2) is 0 Å². The Labute approximate surface area is 105 Å². The molecule has 3 N–H and O–H groups in total. The second-order valence-corrected chi connectivity index (χ2v) is 3.35. The molecule has 2 unspecified atom stereocenters. The first-order valence-corrected chi connectivity index (χ1v) is 4.43. The largest absolute Gasteiger partial charge is 1.00 e. The summed E-state index contributed by atoms with van der Waals surface area (Å²) in [6, 6.07) is 0. The quantitative estimate of drug-likeness (QED) is 0.304. The van der Waals surface area contributed by atoms with Crippen LogP contribution in [0, 0.1) is 0 Å². The fourth-order valence-corrected chi connectivity index (χ4v) is 1.55. The summed E-state index contributed by atoms with van der Waals surface area (Å²) in [4.78, 5) is 0. The summed E-state index contributed by atoms with van der Waals surface area (Å²) in [5, 5.41) is 27.9. The van der Waals surface area contributed by atoms with Crippen LogP contribution in [0.1, 0.15) is 6.92 Å². The molecule has 1 heterocycles. The van der Waals surface area contributed by atoms with Gasteiger partial charge in [-0.05, 0) is 6.92 Å². The Morgan fingerprint density at radius 2 is 1.69 bits per heavy atom. The van der Waals surface area contributed by atoms with Crippen LogP contribution in [0.2, 0.25) is 0 Å². The SMILES string of the molecule is C[C@@H]1OC(C[S-])[C@H](O)[C@H](O)C1O.[Na+]. The van der Waals surface area contributed by atoms with Crippen molar-refractivity contribution in [2.75, 3.05) is 5.75 Å². The zero-order valence-electron chi connectivity index (χ0n) is 7.75. The van der Waals surface area contributed by atoms with Crippen LogP contribution in [0.5, 0.6) is 0 Å². The molecule has 1 fully saturated rings. The summed E-state index contributed by atoms with van der Waals surface area (Å²) in [6.45, 7) is 1.64. The van der Waals surface area contributed by atoms with Crippen molar-refractivity contribution in [1.29, 1.82) is 0 Å². The Balaban J connectivity index is 0.00000144. The smallest absolute Gasteiger partial charge is 0.790 e. The number of rotatable bonds is 1. The number of aliphatic hydroxyl groups excluding tert-OH is 3. The minimum Gasteiger partial charge on any atom is -0.790 e. The molecule has 0 aromatic heterocycles. The van der Waals surface area contributed by atoms with Crippen LogP contribution < -0.4 is 29.6 Å². The number of ether oxygens (including phenoxy) is 1. The van der Waals surface area contributed by atoms with Gasteiger partial charge in [0.1, 0.15) is 18.3 Å². The van der Waals surface area contributed by atoms with Crippen molar-refractivity contribution in [3.05, 3.63) is 0 Å². The maximum atomic E-state index is 9.32. The van der Waals surface area contributed by atoms with Gasteiger partial charge in [-0.2, -0.15) is 0 Å². The molecule has 0 radical (unpaired) electrons. The van der Waals surface area contributed by atoms with E-state index < -0.39 is 30.5 Å². The van der Waals surface area contributed by atoms with Gasteiger partial charge in [0.2, 0.25) is 0 Å².